The molecule has 0 unspecified atom stereocenters. The predicted octanol–water partition coefficient (Wildman–Crippen LogP) is 2.88. The van der Waals surface area contributed by atoms with Gasteiger partial charge < -0.3 is 10.6 Å². The summed E-state index contributed by atoms with van der Waals surface area (Å²) >= 11 is 0. The number of benzene rings is 1. The number of anilines is 1. The van der Waals surface area contributed by atoms with Gasteiger partial charge in [0.15, 0.2) is 0 Å². The van der Waals surface area contributed by atoms with Crippen molar-refractivity contribution in [1.82, 2.24) is 5.32 Å². The Labute approximate surface area is 104 Å². The van der Waals surface area contributed by atoms with Crippen molar-refractivity contribution >= 4 is 5.69 Å². The molecule has 2 aliphatic rings. The lowest BCUT2D eigenvalue weighted by molar-refractivity contribution is -0.151. The van der Waals surface area contributed by atoms with Gasteiger partial charge in [0.2, 0.25) is 0 Å². The van der Waals surface area contributed by atoms with E-state index < -0.39 is 11.7 Å². The first kappa shape index (κ1) is 11.8. The zero-order chi connectivity index (χ0) is 12.8. The molecule has 1 aromatic carbocycles. The molecule has 5 heteroatoms. The Hall–Kier alpha value is -1.23. The molecule has 0 spiro atoms. The van der Waals surface area contributed by atoms with Gasteiger partial charge in [-0.15, -0.1) is 0 Å². The average molecular weight is 256 g/mol. The summed E-state index contributed by atoms with van der Waals surface area (Å²) in [7, 11) is 0. The third kappa shape index (κ3) is 1.96. The van der Waals surface area contributed by atoms with Crippen LogP contribution in [0.4, 0.5) is 18.9 Å². The summed E-state index contributed by atoms with van der Waals surface area (Å²) in [6.07, 6.45) is -3.82. The molecule has 2 N–H and O–H groups in total. The van der Waals surface area contributed by atoms with E-state index in [1.54, 1.807) is 12.1 Å². The molecule has 18 heavy (non-hydrogen) atoms. The summed E-state index contributed by atoms with van der Waals surface area (Å²) in [6.45, 7) is 1.92. The lowest BCUT2D eigenvalue weighted by Gasteiger charge is -2.28. The molecule has 0 radical (unpaired) electrons. The molecule has 0 atom stereocenters. The molecule has 0 amide bonds. The van der Waals surface area contributed by atoms with E-state index in [1.165, 1.54) is 5.56 Å². The average Bonchev–Trinajstić information content (AvgIpc) is 2.98. The largest absolute Gasteiger partial charge is 0.411 e. The van der Waals surface area contributed by atoms with Crippen LogP contribution in [0.1, 0.15) is 24.3 Å². The number of hydrogen-bond acceptors (Lipinski definition) is 2. The van der Waals surface area contributed by atoms with E-state index >= 15 is 0 Å². The Bertz CT molecular complexity index is 431. The number of hydrogen-bond donors (Lipinski definition) is 2. The van der Waals surface area contributed by atoms with E-state index in [2.05, 4.69) is 10.6 Å². The van der Waals surface area contributed by atoms with Crippen LogP contribution in [-0.4, -0.2) is 24.8 Å². The van der Waals surface area contributed by atoms with Gasteiger partial charge in [-0.3, -0.25) is 0 Å². The van der Waals surface area contributed by atoms with Crippen LogP contribution < -0.4 is 10.6 Å². The third-order valence-electron chi connectivity index (χ3n) is 3.84. The maximum Gasteiger partial charge on any atom is 0.411 e. The fraction of sp³-hybridized carbons (Fsp3) is 0.538. The van der Waals surface area contributed by atoms with Crippen LogP contribution in [0.3, 0.4) is 0 Å². The molecule has 3 rings (SSSR count). The van der Waals surface area contributed by atoms with E-state index in [4.69, 9.17) is 0 Å². The van der Waals surface area contributed by atoms with Crippen LogP contribution in [-0.2, 0) is 0 Å². The number of nitrogens with one attached hydrogen (secondary N) is 2. The predicted molar refractivity (Wildman–Crippen MR) is 63.7 cm³/mol. The van der Waals surface area contributed by atoms with Crippen molar-refractivity contribution in [3.63, 3.8) is 0 Å². The van der Waals surface area contributed by atoms with Crippen LogP contribution in [0.15, 0.2) is 24.3 Å². The van der Waals surface area contributed by atoms with Gasteiger partial charge in [-0.05, 0) is 30.5 Å². The SMILES string of the molecule is FC(F)(F)C1(Nc2ccc(C3CNC3)cc2)CC1. The summed E-state index contributed by atoms with van der Waals surface area (Å²) in [6, 6.07) is 7.33. The second-order valence-electron chi connectivity index (χ2n) is 5.18. The van der Waals surface area contributed by atoms with Crippen molar-refractivity contribution in [2.45, 2.75) is 30.5 Å². The maximum atomic E-state index is 12.8. The molecule has 1 aliphatic carbocycles. The Morgan fingerprint density at radius 2 is 1.72 bits per heavy atom. The van der Waals surface area contributed by atoms with Gasteiger partial charge >= 0.3 is 6.18 Å². The summed E-state index contributed by atoms with van der Waals surface area (Å²) in [5.74, 6) is 0.511. The van der Waals surface area contributed by atoms with E-state index in [0.717, 1.165) is 13.1 Å². The topological polar surface area (TPSA) is 24.1 Å². The molecule has 2 fully saturated rings. The van der Waals surface area contributed by atoms with Crippen LogP contribution in [0.5, 0.6) is 0 Å². The lowest BCUT2D eigenvalue weighted by atomic mass is 9.94. The highest BCUT2D eigenvalue weighted by atomic mass is 19.4. The maximum absolute atomic E-state index is 12.8. The van der Waals surface area contributed by atoms with Crippen molar-refractivity contribution in [2.24, 2.45) is 0 Å². The van der Waals surface area contributed by atoms with E-state index in [0.29, 0.717) is 11.6 Å². The normalized spacial score (nSPS) is 22.4. The van der Waals surface area contributed by atoms with Gasteiger partial charge in [0.25, 0.3) is 0 Å². The van der Waals surface area contributed by atoms with Crippen LogP contribution in [0.25, 0.3) is 0 Å². The van der Waals surface area contributed by atoms with Gasteiger partial charge in [-0.25, -0.2) is 0 Å². The molecular formula is C13H15F3N2. The first-order chi connectivity index (χ1) is 8.50. The Morgan fingerprint density at radius 1 is 1.11 bits per heavy atom. The van der Waals surface area contributed by atoms with Crippen molar-refractivity contribution in [1.29, 1.82) is 0 Å². The number of alkyl halides is 3. The second-order valence-corrected chi connectivity index (χ2v) is 5.18. The fourth-order valence-electron chi connectivity index (χ4n) is 2.24. The lowest BCUT2D eigenvalue weighted by Crippen LogP contribution is -2.40. The standard InChI is InChI=1S/C13H15F3N2/c14-13(15,16)12(5-6-12)18-11-3-1-9(2-4-11)10-7-17-8-10/h1-4,10,17-18H,5-8H2. The molecule has 98 valence electrons. The van der Waals surface area contributed by atoms with Gasteiger partial charge in [0.05, 0.1) is 0 Å². The number of halogens is 3. The summed E-state index contributed by atoms with van der Waals surface area (Å²) in [4.78, 5) is 0. The smallest absolute Gasteiger partial charge is 0.372 e. The summed E-state index contributed by atoms with van der Waals surface area (Å²) < 4.78 is 38.3. The first-order valence-electron chi connectivity index (χ1n) is 6.16. The van der Waals surface area contributed by atoms with Crippen molar-refractivity contribution in [2.75, 3.05) is 18.4 Å². The Morgan fingerprint density at radius 3 is 2.11 bits per heavy atom. The van der Waals surface area contributed by atoms with Crippen LogP contribution in [0, 0.1) is 0 Å². The minimum Gasteiger partial charge on any atom is -0.372 e. The monoisotopic (exact) mass is 256 g/mol. The van der Waals surface area contributed by atoms with E-state index in [1.807, 2.05) is 12.1 Å². The third-order valence-corrected chi connectivity index (χ3v) is 3.84. The Kier molecular flexibility index (Phi) is 2.55. The zero-order valence-corrected chi connectivity index (χ0v) is 9.85. The minimum atomic E-state index is -4.16. The summed E-state index contributed by atoms with van der Waals surface area (Å²) in [5.41, 5.74) is 0.0732. The molecule has 2 nitrogen and oxygen atoms in total. The number of rotatable bonds is 3. The van der Waals surface area contributed by atoms with Crippen molar-refractivity contribution < 1.29 is 13.2 Å². The molecule has 1 saturated heterocycles. The van der Waals surface area contributed by atoms with E-state index in [9.17, 15) is 13.2 Å². The molecule has 1 aliphatic heterocycles. The first-order valence-corrected chi connectivity index (χ1v) is 6.16. The van der Waals surface area contributed by atoms with E-state index in [-0.39, 0.29) is 12.8 Å². The highest BCUT2D eigenvalue weighted by Gasteiger charge is 2.63. The quantitative estimate of drug-likeness (QED) is 0.869. The Balaban J connectivity index is 1.70. The molecule has 1 aromatic rings. The molecule has 0 aromatic heterocycles. The highest BCUT2D eigenvalue weighted by molar-refractivity contribution is 5.50. The molecule has 0 bridgehead atoms. The molecule has 1 heterocycles. The fourth-order valence-corrected chi connectivity index (χ4v) is 2.24. The van der Waals surface area contributed by atoms with Crippen molar-refractivity contribution in [3.8, 4) is 0 Å². The van der Waals surface area contributed by atoms with Gasteiger partial charge in [0, 0.05) is 24.7 Å². The second kappa shape index (κ2) is 3.88. The minimum absolute atomic E-state index is 0.171. The molecular weight excluding hydrogens is 241 g/mol. The molecule has 1 saturated carbocycles. The van der Waals surface area contributed by atoms with Gasteiger partial charge in [-0.2, -0.15) is 13.2 Å². The zero-order valence-electron chi connectivity index (χ0n) is 9.85. The van der Waals surface area contributed by atoms with Crippen molar-refractivity contribution in [3.05, 3.63) is 29.8 Å². The van der Waals surface area contributed by atoms with Gasteiger partial charge in [-0.1, -0.05) is 12.1 Å². The highest BCUT2D eigenvalue weighted by Crippen LogP contribution is 2.51. The van der Waals surface area contributed by atoms with Gasteiger partial charge in [0.1, 0.15) is 5.54 Å². The van der Waals surface area contributed by atoms with Crippen LogP contribution >= 0.6 is 0 Å². The summed E-state index contributed by atoms with van der Waals surface area (Å²) in [5, 5.41) is 5.81. The van der Waals surface area contributed by atoms with Crippen LogP contribution in [0.2, 0.25) is 0 Å².